The van der Waals surface area contributed by atoms with Gasteiger partial charge in [0.2, 0.25) is 0 Å². The number of carbonyl (C=O) groups is 1. The number of hydrogen-bond donors (Lipinski definition) is 1. The van der Waals surface area contributed by atoms with E-state index in [1.54, 1.807) is 6.92 Å². The summed E-state index contributed by atoms with van der Waals surface area (Å²) in [5.41, 5.74) is -0.416. The lowest BCUT2D eigenvalue weighted by molar-refractivity contribution is -0.145. The van der Waals surface area contributed by atoms with Gasteiger partial charge in [0.15, 0.2) is 0 Å². The summed E-state index contributed by atoms with van der Waals surface area (Å²) in [5.74, 6) is -1.24. The van der Waals surface area contributed by atoms with Crippen LogP contribution in [0.3, 0.4) is 0 Å². The van der Waals surface area contributed by atoms with Gasteiger partial charge in [-0.2, -0.15) is 0 Å². The zero-order chi connectivity index (χ0) is 10.2. The minimum atomic E-state index is -0.797. The highest BCUT2D eigenvalue weighted by Crippen LogP contribution is 2.42. The van der Waals surface area contributed by atoms with Crippen LogP contribution in [-0.2, 0) is 4.79 Å². The van der Waals surface area contributed by atoms with Crippen molar-refractivity contribution in [1.29, 1.82) is 0 Å². The summed E-state index contributed by atoms with van der Waals surface area (Å²) in [5, 5.41) is 8.82. The largest absolute Gasteiger partial charge is 0.481 e. The van der Waals surface area contributed by atoms with Crippen molar-refractivity contribution in [3.63, 3.8) is 0 Å². The fraction of sp³-hybridized carbons (Fsp3) is 0.889. The molecule has 0 fully saturated rings. The molecule has 2 nitrogen and oxygen atoms in total. The molecule has 0 heterocycles. The average Bonchev–Trinajstić information content (AvgIpc) is 1.83. The molecular weight excluding hydrogens is 176 g/mol. The fourth-order valence-electron chi connectivity index (χ4n) is 0.824. The fourth-order valence-corrected chi connectivity index (χ4v) is 0.987. The van der Waals surface area contributed by atoms with E-state index in [2.05, 4.69) is 0 Å². The van der Waals surface area contributed by atoms with E-state index in [9.17, 15) is 4.79 Å². The third-order valence-electron chi connectivity index (χ3n) is 2.99. The predicted octanol–water partition coefficient (Wildman–Crippen LogP) is 2.75. The van der Waals surface area contributed by atoms with Crippen LogP contribution >= 0.6 is 11.6 Å². The Balaban J connectivity index is 4.73. The maximum Gasteiger partial charge on any atom is 0.306 e. The van der Waals surface area contributed by atoms with E-state index < -0.39 is 22.2 Å². The van der Waals surface area contributed by atoms with Gasteiger partial charge in [-0.25, -0.2) is 0 Å². The first-order valence-electron chi connectivity index (χ1n) is 4.02. The van der Waals surface area contributed by atoms with Gasteiger partial charge in [-0.3, -0.25) is 4.79 Å². The van der Waals surface area contributed by atoms with Crippen LogP contribution in [0.1, 0.15) is 34.6 Å². The lowest BCUT2D eigenvalue weighted by Crippen LogP contribution is -2.42. The van der Waals surface area contributed by atoms with Crippen molar-refractivity contribution in [1.82, 2.24) is 0 Å². The molecule has 0 aliphatic heterocycles. The summed E-state index contributed by atoms with van der Waals surface area (Å²) in [6, 6.07) is 0. The summed E-state index contributed by atoms with van der Waals surface area (Å²) in [4.78, 5) is 10.2. The first kappa shape index (κ1) is 11.8. The highest BCUT2D eigenvalue weighted by atomic mass is 35.5. The Hall–Kier alpha value is -0.240. The van der Waals surface area contributed by atoms with Crippen molar-refractivity contribution in [2.24, 2.45) is 11.3 Å². The molecule has 1 atom stereocenters. The molecule has 0 radical (unpaired) electrons. The Morgan fingerprint density at radius 3 is 1.75 bits per heavy atom. The van der Waals surface area contributed by atoms with Gasteiger partial charge in [0, 0.05) is 4.87 Å². The Kier molecular flexibility index (Phi) is 3.18. The Morgan fingerprint density at radius 2 is 1.67 bits per heavy atom. The van der Waals surface area contributed by atoms with Crippen LogP contribution in [0.15, 0.2) is 0 Å². The maximum atomic E-state index is 10.7. The highest BCUT2D eigenvalue weighted by Gasteiger charge is 2.42. The summed E-state index contributed by atoms with van der Waals surface area (Å²) >= 11 is 6.10. The molecule has 0 spiro atoms. The lowest BCUT2D eigenvalue weighted by Gasteiger charge is -2.39. The third-order valence-corrected chi connectivity index (χ3v) is 3.47. The molecule has 72 valence electrons. The molecule has 0 bridgehead atoms. The molecule has 0 aromatic rings. The first-order chi connectivity index (χ1) is 5.10. The van der Waals surface area contributed by atoms with Gasteiger partial charge >= 0.3 is 5.97 Å². The second-order valence-electron chi connectivity index (χ2n) is 4.25. The normalized spacial score (nSPS) is 15.8. The van der Waals surface area contributed by atoms with Crippen LogP contribution < -0.4 is 0 Å². The zero-order valence-corrected chi connectivity index (χ0v) is 9.07. The van der Waals surface area contributed by atoms with Crippen LogP contribution in [0.2, 0.25) is 0 Å². The molecule has 1 N–H and O–H groups in total. The third kappa shape index (κ3) is 2.13. The van der Waals surface area contributed by atoms with Crippen molar-refractivity contribution in [3.8, 4) is 0 Å². The number of carboxylic acid groups (broad SMARTS) is 1. The number of halogens is 1. The minimum Gasteiger partial charge on any atom is -0.481 e. The molecule has 0 aromatic heterocycles. The molecule has 0 aliphatic rings. The van der Waals surface area contributed by atoms with Crippen LogP contribution in [0.25, 0.3) is 0 Å². The van der Waals surface area contributed by atoms with Gasteiger partial charge < -0.3 is 5.11 Å². The SMILES string of the molecule is CC(C(=O)O)C(C)(C)C(C)(C)Cl. The molecule has 0 amide bonds. The quantitative estimate of drug-likeness (QED) is 0.699. The van der Waals surface area contributed by atoms with Gasteiger partial charge in [-0.05, 0) is 19.3 Å². The topological polar surface area (TPSA) is 37.3 Å². The first-order valence-corrected chi connectivity index (χ1v) is 4.40. The van der Waals surface area contributed by atoms with Crippen molar-refractivity contribution < 1.29 is 9.90 Å². The van der Waals surface area contributed by atoms with Gasteiger partial charge in [0.25, 0.3) is 0 Å². The highest BCUT2D eigenvalue weighted by molar-refractivity contribution is 6.24. The molecule has 1 unspecified atom stereocenters. The van der Waals surface area contributed by atoms with E-state index in [0.717, 1.165) is 0 Å². The average molecular weight is 193 g/mol. The standard InChI is InChI=1S/C9H17ClO2/c1-6(7(11)12)8(2,3)9(4,5)10/h6H,1-5H3,(H,11,12). The molecule has 0 saturated heterocycles. The summed E-state index contributed by atoms with van der Waals surface area (Å²) < 4.78 is 0. The van der Waals surface area contributed by atoms with E-state index in [-0.39, 0.29) is 0 Å². The van der Waals surface area contributed by atoms with Crippen molar-refractivity contribution in [3.05, 3.63) is 0 Å². The van der Waals surface area contributed by atoms with Crippen LogP contribution in [0, 0.1) is 11.3 Å². The summed E-state index contributed by atoms with van der Waals surface area (Å²) in [6.07, 6.45) is 0. The minimum absolute atomic E-state index is 0.416. The van der Waals surface area contributed by atoms with E-state index in [0.29, 0.717) is 0 Å². The van der Waals surface area contributed by atoms with Gasteiger partial charge in [0.1, 0.15) is 0 Å². The second kappa shape index (κ2) is 3.25. The van der Waals surface area contributed by atoms with Crippen LogP contribution in [-0.4, -0.2) is 16.0 Å². The molecule has 0 aromatic carbocycles. The van der Waals surface area contributed by atoms with Crippen LogP contribution in [0.5, 0.6) is 0 Å². The molecule has 0 saturated carbocycles. The Morgan fingerprint density at radius 1 is 1.33 bits per heavy atom. The number of carboxylic acids is 1. The molecular formula is C9H17ClO2. The van der Waals surface area contributed by atoms with E-state index >= 15 is 0 Å². The van der Waals surface area contributed by atoms with Crippen molar-refractivity contribution >= 4 is 17.6 Å². The maximum absolute atomic E-state index is 10.7. The number of rotatable bonds is 3. The van der Waals surface area contributed by atoms with Gasteiger partial charge in [0.05, 0.1) is 5.92 Å². The Bertz CT molecular complexity index is 179. The van der Waals surface area contributed by atoms with Crippen molar-refractivity contribution in [2.45, 2.75) is 39.5 Å². The van der Waals surface area contributed by atoms with Gasteiger partial charge in [-0.1, -0.05) is 20.8 Å². The van der Waals surface area contributed by atoms with Crippen molar-refractivity contribution in [2.75, 3.05) is 0 Å². The monoisotopic (exact) mass is 192 g/mol. The van der Waals surface area contributed by atoms with Gasteiger partial charge in [-0.15, -0.1) is 11.6 Å². The number of alkyl halides is 1. The lowest BCUT2D eigenvalue weighted by atomic mass is 9.71. The van der Waals surface area contributed by atoms with E-state index in [1.165, 1.54) is 0 Å². The predicted molar refractivity (Wildman–Crippen MR) is 50.5 cm³/mol. The Labute approximate surface area is 78.9 Å². The number of aliphatic carboxylic acids is 1. The molecule has 0 rings (SSSR count). The van der Waals surface area contributed by atoms with E-state index in [4.69, 9.17) is 16.7 Å². The van der Waals surface area contributed by atoms with Crippen LogP contribution in [0.4, 0.5) is 0 Å². The molecule has 12 heavy (non-hydrogen) atoms. The summed E-state index contributed by atoms with van der Waals surface area (Å²) in [7, 11) is 0. The molecule has 3 heteroatoms. The number of hydrogen-bond acceptors (Lipinski definition) is 1. The second-order valence-corrected chi connectivity index (χ2v) is 5.20. The summed E-state index contributed by atoms with van der Waals surface area (Å²) in [6.45, 7) is 9.12. The zero-order valence-electron chi connectivity index (χ0n) is 8.31. The smallest absolute Gasteiger partial charge is 0.306 e. The van der Waals surface area contributed by atoms with E-state index in [1.807, 2.05) is 27.7 Å². The molecule has 0 aliphatic carbocycles.